The maximum atomic E-state index is 13.2. The molecule has 6 heteroatoms. The van der Waals surface area contributed by atoms with E-state index < -0.39 is 5.41 Å². The molecule has 5 rings (SSSR count). The zero-order valence-electron chi connectivity index (χ0n) is 17.3. The molecule has 152 valence electrons. The van der Waals surface area contributed by atoms with Gasteiger partial charge in [0.1, 0.15) is 6.07 Å². The lowest BCUT2D eigenvalue weighted by molar-refractivity contribution is -0.118. The number of benzene rings is 2. The number of H-pyrrole nitrogens is 1. The zero-order valence-corrected chi connectivity index (χ0v) is 17.3. The van der Waals surface area contributed by atoms with Gasteiger partial charge in [0.2, 0.25) is 12.7 Å². The van der Waals surface area contributed by atoms with Gasteiger partial charge in [0.25, 0.3) is 0 Å². The Morgan fingerprint density at radius 1 is 1.13 bits per heavy atom. The van der Waals surface area contributed by atoms with E-state index in [0.29, 0.717) is 22.7 Å². The Balaban J connectivity index is 1.46. The highest BCUT2D eigenvalue weighted by Gasteiger charge is 2.51. The van der Waals surface area contributed by atoms with Gasteiger partial charge < -0.3 is 19.8 Å². The third-order valence-electron chi connectivity index (χ3n) is 6.03. The van der Waals surface area contributed by atoms with Gasteiger partial charge in [-0.3, -0.25) is 4.79 Å². The van der Waals surface area contributed by atoms with Crippen LogP contribution >= 0.6 is 0 Å². The number of anilines is 1. The van der Waals surface area contributed by atoms with Crippen LogP contribution in [-0.2, 0) is 15.6 Å². The molecule has 0 saturated heterocycles. The summed E-state index contributed by atoms with van der Waals surface area (Å²) in [7, 11) is 0. The number of nitrogens with zero attached hydrogens (tertiary/aromatic N) is 1. The van der Waals surface area contributed by atoms with Crippen LogP contribution in [-0.4, -0.2) is 17.7 Å². The molecule has 1 fully saturated rings. The summed E-state index contributed by atoms with van der Waals surface area (Å²) in [5.74, 6) is 1.37. The van der Waals surface area contributed by atoms with Crippen LogP contribution in [0, 0.1) is 11.3 Å². The third-order valence-corrected chi connectivity index (χ3v) is 6.03. The Morgan fingerprint density at radius 2 is 1.90 bits per heavy atom. The molecule has 0 unspecified atom stereocenters. The number of carbonyl (C=O) groups is 1. The molecule has 2 aromatic carbocycles. The topological polar surface area (TPSA) is 87.1 Å². The summed E-state index contributed by atoms with van der Waals surface area (Å²) in [5.41, 5.74) is 3.35. The van der Waals surface area contributed by atoms with Gasteiger partial charge in [-0.25, -0.2) is 0 Å². The van der Waals surface area contributed by atoms with E-state index in [4.69, 9.17) is 9.47 Å². The van der Waals surface area contributed by atoms with Gasteiger partial charge in [-0.1, -0.05) is 26.8 Å². The van der Waals surface area contributed by atoms with Gasteiger partial charge in [-0.2, -0.15) is 5.26 Å². The Labute approximate surface area is 174 Å². The Hall–Kier alpha value is -3.46. The molecule has 1 aliphatic heterocycles. The van der Waals surface area contributed by atoms with Crippen LogP contribution in [0.3, 0.4) is 0 Å². The predicted molar refractivity (Wildman–Crippen MR) is 114 cm³/mol. The van der Waals surface area contributed by atoms with E-state index in [-0.39, 0.29) is 18.1 Å². The maximum Gasteiger partial charge on any atom is 0.235 e. The highest BCUT2D eigenvalue weighted by molar-refractivity contribution is 6.03. The van der Waals surface area contributed by atoms with Crippen molar-refractivity contribution in [3.8, 4) is 17.6 Å². The first-order valence-corrected chi connectivity index (χ1v) is 10.1. The molecular weight excluding hydrogens is 378 g/mol. The number of ether oxygens (including phenoxy) is 2. The monoisotopic (exact) mass is 401 g/mol. The van der Waals surface area contributed by atoms with Gasteiger partial charge >= 0.3 is 0 Å². The molecule has 0 atom stereocenters. The van der Waals surface area contributed by atoms with E-state index in [1.54, 1.807) is 0 Å². The van der Waals surface area contributed by atoms with Crippen molar-refractivity contribution >= 4 is 22.5 Å². The zero-order chi connectivity index (χ0) is 21.1. The highest BCUT2D eigenvalue weighted by Crippen LogP contribution is 2.51. The van der Waals surface area contributed by atoms with Gasteiger partial charge in [0.15, 0.2) is 11.5 Å². The van der Waals surface area contributed by atoms with Crippen molar-refractivity contribution in [3.05, 3.63) is 53.2 Å². The maximum absolute atomic E-state index is 13.2. The van der Waals surface area contributed by atoms with Crippen LogP contribution in [0.4, 0.5) is 5.69 Å². The first kappa shape index (κ1) is 18.6. The minimum absolute atomic E-state index is 0.0363. The normalized spacial score (nSPS) is 16.3. The minimum Gasteiger partial charge on any atom is -0.454 e. The largest absolute Gasteiger partial charge is 0.454 e. The minimum atomic E-state index is -0.539. The molecule has 1 saturated carbocycles. The summed E-state index contributed by atoms with van der Waals surface area (Å²) >= 11 is 0. The van der Waals surface area contributed by atoms with Crippen molar-refractivity contribution in [3.63, 3.8) is 0 Å². The molecule has 30 heavy (non-hydrogen) atoms. The fraction of sp³-hybridized carbons (Fsp3) is 0.333. The molecule has 2 heterocycles. The van der Waals surface area contributed by atoms with Crippen molar-refractivity contribution in [2.45, 2.75) is 44.4 Å². The molecule has 0 spiro atoms. The fourth-order valence-corrected chi connectivity index (χ4v) is 4.17. The van der Waals surface area contributed by atoms with Crippen molar-refractivity contribution in [2.75, 3.05) is 12.1 Å². The van der Waals surface area contributed by atoms with Gasteiger partial charge in [-0.15, -0.1) is 0 Å². The van der Waals surface area contributed by atoms with Crippen LogP contribution in [0.5, 0.6) is 11.5 Å². The van der Waals surface area contributed by atoms with E-state index in [0.717, 1.165) is 35.0 Å². The van der Waals surface area contributed by atoms with Gasteiger partial charge in [0, 0.05) is 27.7 Å². The summed E-state index contributed by atoms with van der Waals surface area (Å²) in [5, 5.41) is 13.6. The Morgan fingerprint density at radius 3 is 2.60 bits per heavy atom. The lowest BCUT2D eigenvalue weighted by Gasteiger charge is -2.17. The SMILES string of the molecule is CC(C)(C)c1[nH]c2ccc(NC(=O)C3(c4ccc5c(c4)OCO5)CC3)cc2c1C#N. The molecule has 1 aromatic heterocycles. The predicted octanol–water partition coefficient (Wildman–Crippen LogP) is 4.74. The van der Waals surface area contributed by atoms with Crippen molar-refractivity contribution in [1.82, 2.24) is 4.98 Å². The number of aromatic nitrogens is 1. The van der Waals surface area contributed by atoms with Crippen molar-refractivity contribution in [1.29, 1.82) is 5.26 Å². The van der Waals surface area contributed by atoms with Crippen LogP contribution in [0.15, 0.2) is 36.4 Å². The average molecular weight is 401 g/mol. The van der Waals surface area contributed by atoms with Crippen molar-refractivity contribution in [2.24, 2.45) is 0 Å². The molecule has 1 amide bonds. The molecule has 0 radical (unpaired) electrons. The average Bonchev–Trinajstić information content (AvgIpc) is 3.24. The quantitative estimate of drug-likeness (QED) is 0.664. The summed E-state index contributed by atoms with van der Waals surface area (Å²) in [6.45, 7) is 6.43. The van der Waals surface area contributed by atoms with Gasteiger partial charge in [0.05, 0.1) is 11.0 Å². The molecule has 0 bridgehead atoms. The standard InChI is InChI=1S/C24H23N3O3/c1-23(2,3)21-17(12-25)16-11-15(5-6-18(16)27-21)26-22(28)24(8-9-24)14-4-7-19-20(10-14)30-13-29-19/h4-7,10-11,27H,8-9,13H2,1-3H3,(H,26,28). The fourth-order valence-electron chi connectivity index (χ4n) is 4.17. The smallest absolute Gasteiger partial charge is 0.235 e. The number of nitrogens with one attached hydrogen (secondary N) is 2. The molecule has 3 aromatic rings. The Bertz CT molecular complexity index is 1220. The third kappa shape index (κ3) is 2.81. The molecule has 6 nitrogen and oxygen atoms in total. The first-order chi connectivity index (χ1) is 14.3. The van der Waals surface area contributed by atoms with Crippen LogP contribution in [0.2, 0.25) is 0 Å². The number of hydrogen-bond acceptors (Lipinski definition) is 4. The van der Waals surface area contributed by atoms with Crippen LogP contribution in [0.1, 0.15) is 50.4 Å². The first-order valence-electron chi connectivity index (χ1n) is 10.1. The second-order valence-corrected chi connectivity index (χ2v) is 9.10. The number of rotatable bonds is 3. The lowest BCUT2D eigenvalue weighted by Crippen LogP contribution is -2.27. The number of carbonyl (C=O) groups excluding carboxylic acids is 1. The summed E-state index contributed by atoms with van der Waals surface area (Å²) < 4.78 is 10.9. The molecular formula is C24H23N3O3. The van der Waals surface area contributed by atoms with Crippen LogP contribution < -0.4 is 14.8 Å². The van der Waals surface area contributed by atoms with E-state index in [2.05, 4.69) is 37.1 Å². The number of nitriles is 1. The number of fused-ring (bicyclic) bond motifs is 2. The van der Waals surface area contributed by atoms with E-state index >= 15 is 0 Å². The number of amides is 1. The molecule has 1 aliphatic carbocycles. The Kier molecular flexibility index (Phi) is 3.88. The summed E-state index contributed by atoms with van der Waals surface area (Å²) in [6, 6.07) is 13.7. The summed E-state index contributed by atoms with van der Waals surface area (Å²) in [6.07, 6.45) is 1.59. The number of aromatic amines is 1. The second-order valence-electron chi connectivity index (χ2n) is 9.10. The van der Waals surface area contributed by atoms with Gasteiger partial charge in [-0.05, 0) is 48.7 Å². The van der Waals surface area contributed by atoms with Crippen LogP contribution in [0.25, 0.3) is 10.9 Å². The second kappa shape index (κ2) is 6.27. The number of hydrogen-bond donors (Lipinski definition) is 2. The van der Waals surface area contributed by atoms with E-state index in [1.165, 1.54) is 0 Å². The van der Waals surface area contributed by atoms with E-state index in [1.807, 2.05) is 36.4 Å². The molecule has 2 aliphatic rings. The van der Waals surface area contributed by atoms with E-state index in [9.17, 15) is 10.1 Å². The highest BCUT2D eigenvalue weighted by atomic mass is 16.7. The lowest BCUT2D eigenvalue weighted by atomic mass is 9.89. The summed E-state index contributed by atoms with van der Waals surface area (Å²) in [4.78, 5) is 16.6. The van der Waals surface area contributed by atoms with Crippen molar-refractivity contribution < 1.29 is 14.3 Å². The molecule has 2 N–H and O–H groups in total.